The van der Waals surface area contributed by atoms with Crippen LogP contribution in [0.4, 0.5) is 0 Å². The highest BCUT2D eigenvalue weighted by molar-refractivity contribution is 7.45. The number of quaternary nitrogens is 1. The number of nitrogens with zero attached hydrogens (tertiary/aromatic N) is 1. The molecule has 59 heavy (non-hydrogen) atoms. The molecule has 0 aromatic rings. The minimum atomic E-state index is -4.70. The van der Waals surface area contributed by atoms with Gasteiger partial charge in [0, 0.05) is 12.8 Å². The van der Waals surface area contributed by atoms with E-state index < -0.39 is 38.6 Å². The van der Waals surface area contributed by atoms with Crippen molar-refractivity contribution in [3.63, 3.8) is 0 Å². The summed E-state index contributed by atoms with van der Waals surface area (Å²) in [6, 6.07) is 0. The SMILES string of the molecule is CCCCC/C=C\C/C=C\C/C=C\C=C\[C@H](O)CCCC(=O)O[C@H](COC(=O)CCC/C=C\C/C=C\C/C=C\C/C=C\CCCCC)COP(=O)([O-])OCC[N+](C)(C)C. The molecule has 0 spiro atoms. The van der Waals surface area contributed by atoms with Gasteiger partial charge in [-0.2, -0.15) is 0 Å². The maximum Gasteiger partial charge on any atom is 0.306 e. The van der Waals surface area contributed by atoms with Crippen molar-refractivity contribution in [2.75, 3.05) is 47.5 Å². The van der Waals surface area contributed by atoms with Gasteiger partial charge in [0.05, 0.1) is 33.9 Å². The van der Waals surface area contributed by atoms with E-state index in [9.17, 15) is 24.2 Å². The molecule has 0 heterocycles. The van der Waals surface area contributed by atoms with E-state index in [-0.39, 0.29) is 26.1 Å². The number of phosphoric acid groups is 1. The van der Waals surface area contributed by atoms with Crippen LogP contribution in [0.2, 0.25) is 0 Å². The maximum atomic E-state index is 12.7. The Hall–Kier alpha value is -3.11. The van der Waals surface area contributed by atoms with Crippen LogP contribution in [0.15, 0.2) is 97.2 Å². The van der Waals surface area contributed by atoms with E-state index in [4.69, 9.17) is 18.5 Å². The molecule has 3 atom stereocenters. The number of hydrogen-bond acceptors (Lipinski definition) is 9. The number of ether oxygens (including phenoxy) is 2. The van der Waals surface area contributed by atoms with E-state index in [1.165, 1.54) is 38.5 Å². The van der Waals surface area contributed by atoms with Gasteiger partial charge < -0.3 is 33.0 Å². The Balaban J connectivity index is 4.68. The standard InChI is InChI=1S/C48H80NO9P/c1-6-8-10-12-14-16-18-20-21-22-23-25-27-29-31-33-35-39-47(51)55-43-46(44-57-59(53,54)56-42-41-49(3,4)5)58-48(52)40-36-38-45(50)37-34-32-30-28-26-24-19-17-15-13-11-9-7-2/h14-17,20-21,23-26,29-32,34,37,45-46,50H,6-13,18-19,22,27-28,33,35-36,38-44H2,1-5H3/b16-14-,17-15-,21-20-,25-23-,26-24-,31-29-,32-30-,37-34+/t45-,46+/m0/s1. The van der Waals surface area contributed by atoms with Gasteiger partial charge in [0.2, 0.25) is 0 Å². The zero-order valence-electron chi connectivity index (χ0n) is 37.3. The molecule has 0 aliphatic rings. The quantitative estimate of drug-likeness (QED) is 0.0161. The molecule has 11 heteroatoms. The van der Waals surface area contributed by atoms with E-state index in [1.807, 2.05) is 39.4 Å². The predicted octanol–water partition coefficient (Wildman–Crippen LogP) is 10.9. The summed E-state index contributed by atoms with van der Waals surface area (Å²) in [5.74, 6) is -1.11. The van der Waals surface area contributed by atoms with E-state index in [2.05, 4.69) is 80.7 Å². The lowest BCUT2D eigenvalue weighted by atomic mass is 10.1. The van der Waals surface area contributed by atoms with E-state index in [0.29, 0.717) is 36.7 Å². The second kappa shape index (κ2) is 39.1. The molecular formula is C48H80NO9P. The van der Waals surface area contributed by atoms with Crippen LogP contribution in [0.5, 0.6) is 0 Å². The number of aliphatic hydroxyl groups excluding tert-OH is 1. The highest BCUT2D eigenvalue weighted by Crippen LogP contribution is 2.38. The highest BCUT2D eigenvalue weighted by Gasteiger charge is 2.22. The van der Waals surface area contributed by atoms with Crippen molar-refractivity contribution in [2.45, 2.75) is 148 Å². The average molecular weight is 846 g/mol. The lowest BCUT2D eigenvalue weighted by Crippen LogP contribution is -2.37. The molecule has 0 aliphatic heterocycles. The number of esters is 2. The van der Waals surface area contributed by atoms with Gasteiger partial charge >= 0.3 is 11.9 Å². The molecule has 0 aliphatic carbocycles. The number of likely N-dealkylation sites (N-methyl/N-ethyl adjacent to an activating group) is 1. The fourth-order valence-corrected chi connectivity index (χ4v) is 5.89. The number of unbranched alkanes of at least 4 members (excludes halogenated alkanes) is 7. The van der Waals surface area contributed by atoms with Crippen LogP contribution in [-0.4, -0.2) is 81.2 Å². The smallest absolute Gasteiger partial charge is 0.306 e. The van der Waals surface area contributed by atoms with Crippen LogP contribution in [-0.2, 0) is 32.7 Å². The molecule has 0 saturated carbocycles. The second-order valence-corrected chi connectivity index (χ2v) is 17.0. The number of carbonyl (C=O) groups excluding carboxylic acids is 2. The van der Waals surface area contributed by atoms with Gasteiger partial charge in [-0.15, -0.1) is 0 Å². The van der Waals surface area contributed by atoms with Crippen LogP contribution >= 0.6 is 7.82 Å². The first-order valence-electron chi connectivity index (χ1n) is 22.1. The van der Waals surface area contributed by atoms with E-state index >= 15 is 0 Å². The molecule has 1 N–H and O–H groups in total. The zero-order chi connectivity index (χ0) is 43.7. The average Bonchev–Trinajstić information content (AvgIpc) is 3.18. The monoisotopic (exact) mass is 846 g/mol. The molecule has 1 unspecified atom stereocenters. The number of phosphoric ester groups is 1. The first kappa shape index (κ1) is 55.9. The Morgan fingerprint density at radius 3 is 1.64 bits per heavy atom. The Bertz CT molecular complexity index is 1340. The van der Waals surface area contributed by atoms with Crippen LogP contribution in [0.25, 0.3) is 0 Å². The molecule has 0 amide bonds. The molecule has 336 valence electrons. The highest BCUT2D eigenvalue weighted by atomic mass is 31.2. The molecule has 0 fully saturated rings. The molecular weight excluding hydrogens is 766 g/mol. The lowest BCUT2D eigenvalue weighted by molar-refractivity contribution is -0.870. The zero-order valence-corrected chi connectivity index (χ0v) is 38.2. The number of hydrogen-bond donors (Lipinski definition) is 1. The number of aliphatic hydroxyl groups is 1. The molecule has 0 aromatic carbocycles. The summed E-state index contributed by atoms with van der Waals surface area (Å²) in [5, 5.41) is 10.3. The summed E-state index contributed by atoms with van der Waals surface area (Å²) in [6.45, 7) is 3.85. The predicted molar refractivity (Wildman–Crippen MR) is 241 cm³/mol. The summed E-state index contributed by atoms with van der Waals surface area (Å²) < 4.78 is 33.6. The van der Waals surface area contributed by atoms with Crippen LogP contribution < -0.4 is 4.89 Å². The summed E-state index contributed by atoms with van der Waals surface area (Å²) in [6.07, 6.45) is 47.6. The topological polar surface area (TPSA) is 131 Å². The first-order valence-corrected chi connectivity index (χ1v) is 23.5. The summed E-state index contributed by atoms with van der Waals surface area (Å²) in [5.41, 5.74) is 0. The van der Waals surface area contributed by atoms with Crippen molar-refractivity contribution >= 4 is 19.8 Å². The third-order valence-electron chi connectivity index (χ3n) is 8.68. The molecule has 0 radical (unpaired) electrons. The van der Waals surface area contributed by atoms with Crippen molar-refractivity contribution in [1.82, 2.24) is 0 Å². The maximum absolute atomic E-state index is 12.7. The molecule has 0 saturated heterocycles. The van der Waals surface area contributed by atoms with Gasteiger partial charge in [-0.05, 0) is 83.5 Å². The lowest BCUT2D eigenvalue weighted by Gasteiger charge is -2.28. The molecule has 0 aromatic heterocycles. The Kier molecular flexibility index (Phi) is 37.0. The third kappa shape index (κ3) is 42.8. The summed E-state index contributed by atoms with van der Waals surface area (Å²) in [4.78, 5) is 37.5. The number of carbonyl (C=O) groups is 2. The normalized spacial score (nSPS) is 15.0. The number of rotatable bonds is 38. The Morgan fingerprint density at radius 1 is 0.627 bits per heavy atom. The van der Waals surface area contributed by atoms with E-state index in [0.717, 1.165) is 44.9 Å². The Morgan fingerprint density at radius 2 is 1.12 bits per heavy atom. The van der Waals surface area contributed by atoms with Gasteiger partial charge in [-0.1, -0.05) is 137 Å². The molecule has 10 nitrogen and oxygen atoms in total. The van der Waals surface area contributed by atoms with Crippen molar-refractivity contribution in [2.24, 2.45) is 0 Å². The minimum Gasteiger partial charge on any atom is -0.756 e. The molecule has 0 bridgehead atoms. The van der Waals surface area contributed by atoms with Crippen molar-refractivity contribution < 1.29 is 47.2 Å². The number of allylic oxidation sites excluding steroid dienone is 15. The van der Waals surface area contributed by atoms with Crippen molar-refractivity contribution in [1.29, 1.82) is 0 Å². The fraction of sp³-hybridized carbons (Fsp3) is 0.625. The fourth-order valence-electron chi connectivity index (χ4n) is 5.16. The Labute approximate surface area is 358 Å². The second-order valence-electron chi connectivity index (χ2n) is 15.5. The molecule has 0 rings (SSSR count). The van der Waals surface area contributed by atoms with Gasteiger partial charge in [-0.25, -0.2) is 0 Å². The summed E-state index contributed by atoms with van der Waals surface area (Å²) >= 11 is 0. The minimum absolute atomic E-state index is 0.0207. The van der Waals surface area contributed by atoms with E-state index in [1.54, 1.807) is 12.2 Å². The van der Waals surface area contributed by atoms with Crippen LogP contribution in [0.3, 0.4) is 0 Å². The van der Waals surface area contributed by atoms with Crippen molar-refractivity contribution in [3.8, 4) is 0 Å². The summed E-state index contributed by atoms with van der Waals surface area (Å²) in [7, 11) is 1.00. The van der Waals surface area contributed by atoms with Crippen LogP contribution in [0, 0.1) is 0 Å². The van der Waals surface area contributed by atoms with Crippen LogP contribution in [0.1, 0.15) is 136 Å². The first-order chi connectivity index (χ1) is 28.4. The largest absolute Gasteiger partial charge is 0.756 e. The third-order valence-corrected chi connectivity index (χ3v) is 9.64. The van der Waals surface area contributed by atoms with Crippen molar-refractivity contribution in [3.05, 3.63) is 97.2 Å². The van der Waals surface area contributed by atoms with Gasteiger partial charge in [0.1, 0.15) is 19.8 Å². The van der Waals surface area contributed by atoms with Gasteiger partial charge in [0.25, 0.3) is 7.82 Å². The van der Waals surface area contributed by atoms with Gasteiger partial charge in [0.15, 0.2) is 6.10 Å². The van der Waals surface area contributed by atoms with Gasteiger partial charge in [-0.3, -0.25) is 14.2 Å².